The van der Waals surface area contributed by atoms with E-state index in [0.717, 1.165) is 32.4 Å². The number of nitrogens with one attached hydrogen (secondary N) is 1. The van der Waals surface area contributed by atoms with Gasteiger partial charge in [0.1, 0.15) is 11.6 Å². The van der Waals surface area contributed by atoms with E-state index >= 15 is 0 Å². The van der Waals surface area contributed by atoms with Crippen molar-refractivity contribution < 1.29 is 8.78 Å². The molecule has 2 rings (SSSR count). The number of rotatable bonds is 4. The topological polar surface area (TPSA) is 12.0 Å². The normalized spacial score (nSPS) is 23.6. The van der Waals surface area contributed by atoms with Crippen molar-refractivity contribution in [3.05, 3.63) is 34.9 Å². The van der Waals surface area contributed by atoms with Crippen molar-refractivity contribution in [1.29, 1.82) is 0 Å². The minimum absolute atomic E-state index is 0.0210. The van der Waals surface area contributed by atoms with Crippen LogP contribution in [0, 0.1) is 24.5 Å². The third kappa shape index (κ3) is 3.14. The number of halogens is 2. The van der Waals surface area contributed by atoms with E-state index in [1.807, 2.05) is 0 Å². The van der Waals surface area contributed by atoms with Gasteiger partial charge in [0.15, 0.2) is 0 Å². The Balaban J connectivity index is 2.29. The second-order valence-corrected chi connectivity index (χ2v) is 5.55. The first-order valence-corrected chi connectivity index (χ1v) is 7.30. The van der Waals surface area contributed by atoms with Crippen LogP contribution in [0.2, 0.25) is 0 Å². The molecule has 2 atom stereocenters. The molecular formula is C16H23F2N. The van der Waals surface area contributed by atoms with Crippen molar-refractivity contribution in [2.24, 2.45) is 5.92 Å². The fourth-order valence-corrected chi connectivity index (χ4v) is 3.18. The first-order chi connectivity index (χ1) is 9.15. The zero-order valence-electron chi connectivity index (χ0n) is 11.8. The van der Waals surface area contributed by atoms with Gasteiger partial charge < -0.3 is 5.32 Å². The summed E-state index contributed by atoms with van der Waals surface area (Å²) >= 11 is 0. The largest absolute Gasteiger partial charge is 0.317 e. The molecule has 3 heteroatoms. The van der Waals surface area contributed by atoms with Gasteiger partial charge in [0.05, 0.1) is 0 Å². The summed E-state index contributed by atoms with van der Waals surface area (Å²) in [4.78, 5) is 0. The van der Waals surface area contributed by atoms with E-state index < -0.39 is 0 Å². The molecule has 0 spiro atoms. The van der Waals surface area contributed by atoms with E-state index in [0.29, 0.717) is 17.0 Å². The van der Waals surface area contributed by atoms with Gasteiger partial charge in [-0.25, -0.2) is 8.78 Å². The van der Waals surface area contributed by atoms with E-state index in [1.54, 1.807) is 6.92 Å². The number of hydrogen-bond acceptors (Lipinski definition) is 1. The Labute approximate surface area is 114 Å². The first kappa shape index (κ1) is 14.4. The molecule has 0 aromatic heterocycles. The van der Waals surface area contributed by atoms with Gasteiger partial charge in [-0.15, -0.1) is 0 Å². The van der Waals surface area contributed by atoms with Crippen LogP contribution < -0.4 is 5.32 Å². The van der Waals surface area contributed by atoms with Crippen molar-refractivity contribution in [3.8, 4) is 0 Å². The summed E-state index contributed by atoms with van der Waals surface area (Å²) in [5.41, 5.74) is 0.867. The Morgan fingerprint density at radius 1 is 1.21 bits per heavy atom. The fraction of sp³-hybridized carbons (Fsp3) is 0.625. The average Bonchev–Trinajstić information content (AvgIpc) is 2.42. The zero-order chi connectivity index (χ0) is 13.8. The van der Waals surface area contributed by atoms with E-state index in [2.05, 4.69) is 12.2 Å². The van der Waals surface area contributed by atoms with E-state index in [1.165, 1.54) is 18.6 Å². The first-order valence-electron chi connectivity index (χ1n) is 7.30. The Hall–Kier alpha value is -0.960. The lowest BCUT2D eigenvalue weighted by molar-refractivity contribution is 0.285. The predicted octanol–water partition coefficient (Wildman–Crippen LogP) is 4.16. The van der Waals surface area contributed by atoms with Gasteiger partial charge in [0.25, 0.3) is 0 Å². The van der Waals surface area contributed by atoms with Crippen molar-refractivity contribution in [1.82, 2.24) is 5.32 Å². The lowest BCUT2D eigenvalue weighted by Crippen LogP contribution is -2.30. The molecule has 19 heavy (non-hydrogen) atoms. The Morgan fingerprint density at radius 3 is 2.68 bits per heavy atom. The predicted molar refractivity (Wildman–Crippen MR) is 74.3 cm³/mol. The summed E-state index contributed by atoms with van der Waals surface area (Å²) in [5.74, 6) is -0.350. The van der Waals surface area contributed by atoms with Gasteiger partial charge >= 0.3 is 0 Å². The molecule has 1 N–H and O–H groups in total. The molecule has 1 aliphatic rings. The molecule has 0 bridgehead atoms. The van der Waals surface area contributed by atoms with Crippen molar-refractivity contribution in [3.63, 3.8) is 0 Å². The summed E-state index contributed by atoms with van der Waals surface area (Å²) < 4.78 is 28.3. The van der Waals surface area contributed by atoms with Crippen LogP contribution in [0.25, 0.3) is 0 Å². The molecule has 1 aliphatic carbocycles. The van der Waals surface area contributed by atoms with Gasteiger partial charge in [-0.3, -0.25) is 0 Å². The van der Waals surface area contributed by atoms with Crippen LogP contribution in [-0.2, 0) is 0 Å². The zero-order valence-corrected chi connectivity index (χ0v) is 11.8. The summed E-state index contributed by atoms with van der Waals surface area (Å²) in [6.07, 6.45) is 4.19. The molecule has 0 heterocycles. The Bertz CT molecular complexity index is 431. The van der Waals surface area contributed by atoms with Crippen LogP contribution in [0.4, 0.5) is 8.78 Å². The maximum atomic E-state index is 14.3. The van der Waals surface area contributed by atoms with Crippen LogP contribution in [0.3, 0.4) is 0 Å². The summed E-state index contributed by atoms with van der Waals surface area (Å²) in [5, 5.41) is 3.33. The van der Waals surface area contributed by atoms with Crippen LogP contribution in [-0.4, -0.2) is 13.1 Å². The molecule has 106 valence electrons. The fourth-order valence-electron chi connectivity index (χ4n) is 3.18. The summed E-state index contributed by atoms with van der Waals surface area (Å²) in [7, 11) is 0. The number of hydrogen-bond donors (Lipinski definition) is 1. The van der Waals surface area contributed by atoms with Crippen LogP contribution in [0.1, 0.15) is 49.7 Å². The molecule has 0 radical (unpaired) electrons. The average molecular weight is 267 g/mol. The second-order valence-electron chi connectivity index (χ2n) is 5.55. The smallest absolute Gasteiger partial charge is 0.132 e. The van der Waals surface area contributed by atoms with Gasteiger partial charge in [0.2, 0.25) is 0 Å². The lowest BCUT2D eigenvalue weighted by atomic mass is 9.74. The molecular weight excluding hydrogens is 244 g/mol. The third-order valence-electron chi connectivity index (χ3n) is 4.26. The maximum Gasteiger partial charge on any atom is 0.132 e. The molecule has 0 saturated heterocycles. The highest BCUT2D eigenvalue weighted by Crippen LogP contribution is 2.40. The minimum Gasteiger partial charge on any atom is -0.317 e. The SMILES string of the molecule is CCNCC1CCCCC1c1c(F)ccc(C)c1F. The Kier molecular flexibility index (Phi) is 4.92. The third-order valence-corrected chi connectivity index (χ3v) is 4.26. The highest BCUT2D eigenvalue weighted by atomic mass is 19.1. The van der Waals surface area contributed by atoms with Crippen molar-refractivity contribution >= 4 is 0 Å². The quantitative estimate of drug-likeness (QED) is 0.864. The summed E-state index contributed by atoms with van der Waals surface area (Å²) in [6.45, 7) is 5.53. The monoisotopic (exact) mass is 267 g/mol. The van der Waals surface area contributed by atoms with E-state index in [4.69, 9.17) is 0 Å². The van der Waals surface area contributed by atoms with Crippen molar-refractivity contribution in [2.45, 2.75) is 45.4 Å². The molecule has 1 nitrogen and oxygen atoms in total. The minimum atomic E-state index is -0.378. The maximum absolute atomic E-state index is 14.3. The molecule has 2 unspecified atom stereocenters. The number of aryl methyl sites for hydroxylation is 1. The highest BCUT2D eigenvalue weighted by molar-refractivity contribution is 5.30. The van der Waals surface area contributed by atoms with Crippen molar-refractivity contribution in [2.75, 3.05) is 13.1 Å². The molecule has 1 fully saturated rings. The highest BCUT2D eigenvalue weighted by Gasteiger charge is 2.30. The van der Waals surface area contributed by atoms with Gasteiger partial charge in [-0.1, -0.05) is 25.8 Å². The lowest BCUT2D eigenvalue weighted by Gasteiger charge is -2.32. The summed E-state index contributed by atoms with van der Waals surface area (Å²) in [6, 6.07) is 2.93. The van der Waals surface area contributed by atoms with E-state index in [-0.39, 0.29) is 17.6 Å². The van der Waals surface area contributed by atoms with Gasteiger partial charge in [0, 0.05) is 5.56 Å². The molecule has 1 aromatic carbocycles. The van der Waals surface area contributed by atoms with E-state index in [9.17, 15) is 8.78 Å². The van der Waals surface area contributed by atoms with Crippen LogP contribution in [0.15, 0.2) is 12.1 Å². The molecule has 0 amide bonds. The molecule has 0 aliphatic heterocycles. The second kappa shape index (κ2) is 6.47. The van der Waals surface area contributed by atoms with Crippen LogP contribution in [0.5, 0.6) is 0 Å². The molecule has 1 aromatic rings. The van der Waals surface area contributed by atoms with Crippen LogP contribution >= 0.6 is 0 Å². The number of benzene rings is 1. The molecule has 1 saturated carbocycles. The standard InChI is InChI=1S/C16H23F2N/c1-3-19-10-12-6-4-5-7-13(12)15-14(17)9-8-11(2)16(15)18/h8-9,12-13,19H,3-7,10H2,1-2H3. The van der Waals surface area contributed by atoms with Gasteiger partial charge in [-0.2, -0.15) is 0 Å². The van der Waals surface area contributed by atoms with Gasteiger partial charge in [-0.05, 0) is 56.3 Å². The Morgan fingerprint density at radius 2 is 1.95 bits per heavy atom.